The predicted octanol–water partition coefficient (Wildman–Crippen LogP) is 3.22. The van der Waals surface area contributed by atoms with E-state index >= 15 is 0 Å². The molecule has 0 spiro atoms. The zero-order chi connectivity index (χ0) is 18.0. The molecule has 1 aliphatic rings. The summed E-state index contributed by atoms with van der Waals surface area (Å²) >= 11 is 0. The summed E-state index contributed by atoms with van der Waals surface area (Å²) in [5, 5.41) is 14.4. The maximum absolute atomic E-state index is 13.3. The highest BCUT2D eigenvalue weighted by Crippen LogP contribution is 2.31. The molecule has 0 unspecified atom stereocenters. The highest BCUT2D eigenvalue weighted by Gasteiger charge is 2.44. The number of piperidine rings is 1. The van der Waals surface area contributed by atoms with Crippen LogP contribution in [0.5, 0.6) is 0 Å². The number of benzene rings is 1. The summed E-state index contributed by atoms with van der Waals surface area (Å²) in [4.78, 5) is 14.2. The molecule has 134 valence electrons. The van der Waals surface area contributed by atoms with Gasteiger partial charge in [0.25, 0.3) is 0 Å². The van der Waals surface area contributed by atoms with E-state index in [2.05, 4.69) is 10.00 Å². The molecule has 0 atom stereocenters. The number of hydrogen-bond acceptors (Lipinski definition) is 3. The minimum absolute atomic E-state index is 0.243. The highest BCUT2D eigenvalue weighted by atomic mass is 19.1. The number of likely N-dealkylation sites (tertiary alicyclic amines) is 1. The summed E-state index contributed by atoms with van der Waals surface area (Å²) in [6, 6.07) is 8.45. The number of hydrogen-bond donors (Lipinski definition) is 1. The summed E-state index contributed by atoms with van der Waals surface area (Å²) in [6.07, 6.45) is 2.75. The van der Waals surface area contributed by atoms with Crippen molar-refractivity contribution in [3.05, 3.63) is 53.6 Å². The van der Waals surface area contributed by atoms with Crippen molar-refractivity contribution in [3.8, 4) is 0 Å². The van der Waals surface area contributed by atoms with Crippen molar-refractivity contribution >= 4 is 5.97 Å². The lowest BCUT2D eigenvalue weighted by molar-refractivity contribution is -0.151. The second-order valence-corrected chi connectivity index (χ2v) is 7.08. The molecule has 1 aliphatic heterocycles. The van der Waals surface area contributed by atoms with E-state index in [1.54, 1.807) is 16.9 Å². The first-order valence-corrected chi connectivity index (χ1v) is 8.67. The fraction of sp³-hybridized carbons (Fsp3) is 0.474. The first kappa shape index (κ1) is 17.6. The monoisotopic (exact) mass is 345 g/mol. The van der Waals surface area contributed by atoms with E-state index in [4.69, 9.17) is 0 Å². The molecule has 5 nitrogen and oxygen atoms in total. The van der Waals surface area contributed by atoms with Crippen LogP contribution in [-0.4, -0.2) is 38.8 Å². The zero-order valence-corrected chi connectivity index (χ0v) is 14.7. The Labute approximate surface area is 147 Å². The van der Waals surface area contributed by atoms with Crippen molar-refractivity contribution in [3.63, 3.8) is 0 Å². The first-order valence-electron chi connectivity index (χ1n) is 8.67. The van der Waals surface area contributed by atoms with Crippen LogP contribution in [0.25, 0.3) is 0 Å². The van der Waals surface area contributed by atoms with E-state index < -0.39 is 11.5 Å². The second kappa shape index (κ2) is 6.96. The molecule has 0 amide bonds. The molecule has 1 fully saturated rings. The molecule has 0 bridgehead atoms. The molecule has 1 saturated heterocycles. The van der Waals surface area contributed by atoms with Crippen molar-refractivity contribution < 1.29 is 14.3 Å². The lowest BCUT2D eigenvalue weighted by Crippen LogP contribution is -2.51. The first-order chi connectivity index (χ1) is 11.9. The molecule has 25 heavy (non-hydrogen) atoms. The summed E-state index contributed by atoms with van der Waals surface area (Å²) in [7, 11) is 0. The minimum atomic E-state index is -0.994. The number of carbonyl (C=O) groups is 1. The molecular formula is C19H24FN3O2. The average molecular weight is 345 g/mol. The van der Waals surface area contributed by atoms with E-state index in [-0.39, 0.29) is 11.7 Å². The van der Waals surface area contributed by atoms with Gasteiger partial charge in [-0.3, -0.25) is 9.58 Å². The van der Waals surface area contributed by atoms with E-state index in [9.17, 15) is 14.3 Å². The van der Waals surface area contributed by atoms with Crippen molar-refractivity contribution in [2.45, 2.75) is 44.7 Å². The predicted molar refractivity (Wildman–Crippen MR) is 92.8 cm³/mol. The van der Waals surface area contributed by atoms with E-state index in [1.165, 1.54) is 12.1 Å². The third-order valence-electron chi connectivity index (χ3n) is 5.02. The summed E-state index contributed by atoms with van der Waals surface area (Å²) in [6.45, 7) is 5.99. The Kier molecular flexibility index (Phi) is 4.90. The largest absolute Gasteiger partial charge is 0.479 e. The Morgan fingerprint density at radius 3 is 2.60 bits per heavy atom. The molecule has 0 aliphatic carbocycles. The topological polar surface area (TPSA) is 58.4 Å². The Balaban J connectivity index is 1.73. The van der Waals surface area contributed by atoms with Crippen molar-refractivity contribution in [2.24, 2.45) is 0 Å². The number of halogens is 1. The Bertz CT molecular complexity index is 749. The van der Waals surface area contributed by atoms with Crippen LogP contribution in [0.4, 0.5) is 4.39 Å². The maximum atomic E-state index is 13.3. The van der Waals surface area contributed by atoms with Crippen LogP contribution < -0.4 is 0 Å². The van der Waals surface area contributed by atoms with Gasteiger partial charge < -0.3 is 5.11 Å². The summed E-state index contributed by atoms with van der Waals surface area (Å²) < 4.78 is 15.0. The van der Waals surface area contributed by atoms with Crippen LogP contribution >= 0.6 is 0 Å². The minimum Gasteiger partial charge on any atom is -0.479 e. The smallest absolute Gasteiger partial charge is 0.331 e. The van der Waals surface area contributed by atoms with Crippen molar-refractivity contribution in [1.29, 1.82) is 0 Å². The maximum Gasteiger partial charge on any atom is 0.331 e. The van der Waals surface area contributed by atoms with Gasteiger partial charge >= 0.3 is 5.97 Å². The Morgan fingerprint density at radius 1 is 1.32 bits per heavy atom. The number of carboxylic acids is 1. The molecule has 1 aromatic heterocycles. The van der Waals surface area contributed by atoms with Crippen LogP contribution in [-0.2, 0) is 16.9 Å². The fourth-order valence-electron chi connectivity index (χ4n) is 3.40. The molecule has 6 heteroatoms. The van der Waals surface area contributed by atoms with Crippen LogP contribution in [0.15, 0.2) is 36.5 Å². The molecule has 1 aromatic carbocycles. The number of nitrogens with zero attached hydrogens (tertiary/aromatic N) is 3. The molecular weight excluding hydrogens is 321 g/mol. The summed E-state index contributed by atoms with van der Waals surface area (Å²) in [5.74, 6) is -0.816. The second-order valence-electron chi connectivity index (χ2n) is 7.08. The highest BCUT2D eigenvalue weighted by molar-refractivity contribution is 5.76. The van der Waals surface area contributed by atoms with Crippen molar-refractivity contribution in [2.75, 3.05) is 13.1 Å². The molecule has 3 rings (SSSR count). The molecule has 0 radical (unpaired) electrons. The van der Waals surface area contributed by atoms with Gasteiger partial charge in [0.2, 0.25) is 0 Å². The van der Waals surface area contributed by atoms with Gasteiger partial charge in [-0.2, -0.15) is 5.10 Å². The van der Waals surface area contributed by atoms with Crippen molar-refractivity contribution in [1.82, 2.24) is 14.7 Å². The van der Waals surface area contributed by atoms with Gasteiger partial charge in [-0.25, -0.2) is 9.18 Å². The number of carboxylic acid groups (broad SMARTS) is 1. The Hall–Kier alpha value is -2.21. The fourth-order valence-corrected chi connectivity index (χ4v) is 3.40. The van der Waals surface area contributed by atoms with Gasteiger partial charge in [0.15, 0.2) is 5.54 Å². The number of aromatic nitrogens is 2. The van der Waals surface area contributed by atoms with Gasteiger partial charge in [-0.15, -0.1) is 0 Å². The van der Waals surface area contributed by atoms with Gasteiger partial charge in [-0.1, -0.05) is 26.0 Å². The van der Waals surface area contributed by atoms with Crippen LogP contribution in [0.2, 0.25) is 0 Å². The van der Waals surface area contributed by atoms with Crippen LogP contribution in [0, 0.1) is 5.82 Å². The zero-order valence-electron chi connectivity index (χ0n) is 14.7. The van der Waals surface area contributed by atoms with E-state index in [0.29, 0.717) is 32.5 Å². The molecule has 0 saturated carbocycles. The van der Waals surface area contributed by atoms with Gasteiger partial charge in [-0.05, 0) is 42.5 Å². The normalized spacial score (nSPS) is 17.8. The van der Waals surface area contributed by atoms with Gasteiger partial charge in [0.05, 0.1) is 5.69 Å². The lowest BCUT2D eigenvalue weighted by Gasteiger charge is -2.39. The number of rotatable bonds is 5. The summed E-state index contributed by atoms with van der Waals surface area (Å²) in [5.41, 5.74) is 0.817. The lowest BCUT2D eigenvalue weighted by atomic mass is 9.87. The SMILES string of the molecule is CC(C)c1ccn(C2(C(=O)O)CCN(Cc3cccc(F)c3)CC2)n1. The molecule has 2 heterocycles. The van der Waals surface area contributed by atoms with Gasteiger partial charge in [0, 0.05) is 25.8 Å². The van der Waals surface area contributed by atoms with Crippen LogP contribution in [0.3, 0.4) is 0 Å². The quantitative estimate of drug-likeness (QED) is 0.904. The Morgan fingerprint density at radius 2 is 2.04 bits per heavy atom. The molecule has 2 aromatic rings. The average Bonchev–Trinajstić information content (AvgIpc) is 3.06. The van der Waals surface area contributed by atoms with Gasteiger partial charge in [0.1, 0.15) is 5.82 Å². The standard InChI is InChI=1S/C19H24FN3O2/c1-14(2)17-6-9-23(21-17)19(18(24)25)7-10-22(11-8-19)13-15-4-3-5-16(20)12-15/h3-6,9,12,14H,7-8,10-11,13H2,1-2H3,(H,24,25). The number of aliphatic carboxylic acids is 1. The van der Waals surface area contributed by atoms with E-state index in [0.717, 1.165) is 11.3 Å². The van der Waals surface area contributed by atoms with E-state index in [1.807, 2.05) is 26.0 Å². The third-order valence-corrected chi connectivity index (χ3v) is 5.02. The third kappa shape index (κ3) is 3.58. The van der Waals surface area contributed by atoms with Crippen LogP contribution in [0.1, 0.15) is 43.9 Å². The molecule has 1 N–H and O–H groups in total.